The first-order valence-corrected chi connectivity index (χ1v) is 5.54. The lowest BCUT2D eigenvalue weighted by Gasteiger charge is -2.12. The highest BCUT2D eigenvalue weighted by molar-refractivity contribution is 5.44. The lowest BCUT2D eigenvalue weighted by atomic mass is 10.2. The van der Waals surface area contributed by atoms with Crippen LogP contribution in [0.1, 0.15) is 12.7 Å². The molecule has 0 fully saturated rings. The van der Waals surface area contributed by atoms with Crippen molar-refractivity contribution in [2.75, 3.05) is 5.32 Å². The summed E-state index contributed by atoms with van der Waals surface area (Å²) in [5, 5.41) is 13.7. The van der Waals surface area contributed by atoms with Crippen LogP contribution < -0.4 is 5.32 Å². The molecular weight excluding hydrogens is 234 g/mol. The van der Waals surface area contributed by atoms with E-state index in [4.69, 9.17) is 4.42 Å². The van der Waals surface area contributed by atoms with Crippen LogP contribution in [0.25, 0.3) is 0 Å². The van der Waals surface area contributed by atoms with Gasteiger partial charge in [-0.2, -0.15) is 0 Å². The van der Waals surface area contributed by atoms with Gasteiger partial charge in [-0.3, -0.25) is 10.1 Å². The lowest BCUT2D eigenvalue weighted by molar-refractivity contribution is -0.384. The first kappa shape index (κ1) is 12.1. The van der Waals surface area contributed by atoms with Crippen molar-refractivity contribution < 1.29 is 9.34 Å². The zero-order chi connectivity index (χ0) is 13.0. The number of furan rings is 1. The van der Waals surface area contributed by atoms with Gasteiger partial charge in [-0.1, -0.05) is 0 Å². The Morgan fingerprint density at radius 2 is 2.39 bits per heavy atom. The molecule has 0 amide bonds. The van der Waals surface area contributed by atoms with Gasteiger partial charge in [-0.15, -0.1) is 0 Å². The van der Waals surface area contributed by atoms with Gasteiger partial charge in [0.2, 0.25) is 0 Å². The number of hydrogen-bond donors (Lipinski definition) is 1. The number of hydrogen-bond acceptors (Lipinski definition) is 5. The van der Waals surface area contributed by atoms with Crippen LogP contribution in [0.15, 0.2) is 41.1 Å². The molecule has 2 aromatic rings. The second kappa shape index (κ2) is 5.31. The quantitative estimate of drug-likeness (QED) is 0.648. The lowest BCUT2D eigenvalue weighted by Crippen LogP contribution is -2.18. The van der Waals surface area contributed by atoms with Crippen LogP contribution in [0.3, 0.4) is 0 Å². The standard InChI is InChI=1S/C12H13N3O3/c1-9(7-11-3-2-6-18-11)14-12-8-10(15(16)17)4-5-13-12/h2-6,8-9H,7H2,1H3,(H,13,14). The number of nitrogens with zero attached hydrogens (tertiary/aromatic N) is 2. The Balaban J connectivity index is 2.00. The summed E-state index contributed by atoms with van der Waals surface area (Å²) in [6.45, 7) is 1.96. The summed E-state index contributed by atoms with van der Waals surface area (Å²) in [4.78, 5) is 14.2. The van der Waals surface area contributed by atoms with E-state index in [1.165, 1.54) is 18.3 Å². The maximum absolute atomic E-state index is 10.6. The minimum Gasteiger partial charge on any atom is -0.469 e. The van der Waals surface area contributed by atoms with Crippen molar-refractivity contribution in [2.24, 2.45) is 0 Å². The van der Waals surface area contributed by atoms with E-state index in [1.807, 2.05) is 19.1 Å². The van der Waals surface area contributed by atoms with Gasteiger partial charge in [0.25, 0.3) is 5.69 Å². The van der Waals surface area contributed by atoms with E-state index in [1.54, 1.807) is 6.26 Å². The largest absolute Gasteiger partial charge is 0.469 e. The molecule has 1 atom stereocenters. The Morgan fingerprint density at radius 1 is 1.56 bits per heavy atom. The highest BCUT2D eigenvalue weighted by atomic mass is 16.6. The van der Waals surface area contributed by atoms with Gasteiger partial charge in [0.05, 0.1) is 17.3 Å². The molecule has 6 nitrogen and oxygen atoms in total. The number of anilines is 1. The monoisotopic (exact) mass is 247 g/mol. The Hall–Kier alpha value is -2.37. The molecule has 2 aromatic heterocycles. The van der Waals surface area contributed by atoms with Crippen LogP contribution in [0.2, 0.25) is 0 Å². The predicted molar refractivity (Wildman–Crippen MR) is 66.4 cm³/mol. The van der Waals surface area contributed by atoms with Crippen molar-refractivity contribution in [2.45, 2.75) is 19.4 Å². The van der Waals surface area contributed by atoms with Crippen molar-refractivity contribution in [3.05, 3.63) is 52.6 Å². The fourth-order valence-electron chi connectivity index (χ4n) is 1.65. The molecule has 0 saturated carbocycles. The smallest absolute Gasteiger partial charge is 0.274 e. The maximum atomic E-state index is 10.6. The first-order chi connectivity index (χ1) is 8.65. The molecule has 6 heteroatoms. The summed E-state index contributed by atoms with van der Waals surface area (Å²) < 4.78 is 5.24. The molecule has 0 radical (unpaired) electrons. The van der Waals surface area contributed by atoms with Crippen LogP contribution in [0.5, 0.6) is 0 Å². The molecule has 2 heterocycles. The minimum atomic E-state index is -0.440. The van der Waals surface area contributed by atoms with Crippen LogP contribution in [-0.4, -0.2) is 15.9 Å². The predicted octanol–water partition coefficient (Wildman–Crippen LogP) is 2.63. The molecule has 0 bridgehead atoms. The molecule has 0 saturated heterocycles. The summed E-state index contributed by atoms with van der Waals surface area (Å²) >= 11 is 0. The number of aromatic nitrogens is 1. The SMILES string of the molecule is CC(Cc1ccco1)Nc1cc([N+](=O)[O-])ccn1. The van der Waals surface area contributed by atoms with Crippen LogP contribution in [0, 0.1) is 10.1 Å². The fraction of sp³-hybridized carbons (Fsp3) is 0.250. The Labute approximate surface area is 104 Å². The highest BCUT2D eigenvalue weighted by Crippen LogP contribution is 2.15. The van der Waals surface area contributed by atoms with E-state index in [9.17, 15) is 10.1 Å². The van der Waals surface area contributed by atoms with Crippen molar-refractivity contribution in [1.29, 1.82) is 0 Å². The topological polar surface area (TPSA) is 81.2 Å². The zero-order valence-corrected chi connectivity index (χ0v) is 9.87. The van der Waals surface area contributed by atoms with Crippen molar-refractivity contribution in [3.63, 3.8) is 0 Å². The summed E-state index contributed by atoms with van der Waals surface area (Å²) in [7, 11) is 0. The highest BCUT2D eigenvalue weighted by Gasteiger charge is 2.10. The number of rotatable bonds is 5. The third kappa shape index (κ3) is 3.07. The van der Waals surface area contributed by atoms with E-state index in [0.717, 1.165) is 5.76 Å². The molecule has 18 heavy (non-hydrogen) atoms. The molecule has 0 spiro atoms. The van der Waals surface area contributed by atoms with E-state index in [0.29, 0.717) is 12.2 Å². The summed E-state index contributed by atoms with van der Waals surface area (Å²) in [6, 6.07) is 6.57. The van der Waals surface area contributed by atoms with Gasteiger partial charge in [0.1, 0.15) is 11.6 Å². The fourth-order valence-corrected chi connectivity index (χ4v) is 1.65. The molecule has 0 aliphatic rings. The Bertz CT molecular complexity index is 525. The Kier molecular flexibility index (Phi) is 3.57. The van der Waals surface area contributed by atoms with E-state index < -0.39 is 4.92 Å². The van der Waals surface area contributed by atoms with Gasteiger partial charge in [-0.05, 0) is 19.1 Å². The van der Waals surface area contributed by atoms with E-state index in [2.05, 4.69) is 10.3 Å². The van der Waals surface area contributed by atoms with Crippen LogP contribution in [-0.2, 0) is 6.42 Å². The summed E-state index contributed by atoms with van der Waals surface area (Å²) in [5.74, 6) is 1.35. The van der Waals surface area contributed by atoms with Gasteiger partial charge in [-0.25, -0.2) is 4.98 Å². The molecule has 94 valence electrons. The summed E-state index contributed by atoms with van der Waals surface area (Å²) in [5.41, 5.74) is 0.0256. The average Bonchev–Trinajstić information content (AvgIpc) is 2.82. The summed E-state index contributed by atoms with van der Waals surface area (Å²) in [6.07, 6.45) is 3.73. The second-order valence-electron chi connectivity index (χ2n) is 3.99. The number of pyridine rings is 1. The third-order valence-corrected chi connectivity index (χ3v) is 2.44. The Morgan fingerprint density at radius 3 is 3.06 bits per heavy atom. The average molecular weight is 247 g/mol. The van der Waals surface area contributed by atoms with Crippen LogP contribution in [0.4, 0.5) is 11.5 Å². The third-order valence-electron chi connectivity index (χ3n) is 2.44. The number of nitrogens with one attached hydrogen (secondary N) is 1. The van der Waals surface area contributed by atoms with Crippen LogP contribution >= 0.6 is 0 Å². The minimum absolute atomic E-state index is 0.0256. The molecule has 0 aliphatic carbocycles. The van der Waals surface area contributed by atoms with Gasteiger partial charge in [0.15, 0.2) is 0 Å². The first-order valence-electron chi connectivity index (χ1n) is 5.54. The van der Waals surface area contributed by atoms with E-state index in [-0.39, 0.29) is 11.7 Å². The molecule has 0 aliphatic heterocycles. The van der Waals surface area contributed by atoms with E-state index >= 15 is 0 Å². The number of nitro groups is 1. The molecule has 1 N–H and O–H groups in total. The molecular formula is C12H13N3O3. The normalized spacial score (nSPS) is 12.1. The maximum Gasteiger partial charge on any atom is 0.274 e. The molecule has 0 aromatic carbocycles. The van der Waals surface area contributed by atoms with Gasteiger partial charge < -0.3 is 9.73 Å². The zero-order valence-electron chi connectivity index (χ0n) is 9.87. The second-order valence-corrected chi connectivity index (χ2v) is 3.99. The van der Waals surface area contributed by atoms with Crippen molar-refractivity contribution >= 4 is 11.5 Å². The van der Waals surface area contributed by atoms with Gasteiger partial charge >= 0.3 is 0 Å². The van der Waals surface area contributed by atoms with Crippen molar-refractivity contribution in [1.82, 2.24) is 4.98 Å². The molecule has 1 unspecified atom stereocenters. The van der Waals surface area contributed by atoms with Crippen molar-refractivity contribution in [3.8, 4) is 0 Å². The molecule has 2 rings (SSSR count). The van der Waals surface area contributed by atoms with Gasteiger partial charge in [0, 0.05) is 24.7 Å².